The van der Waals surface area contributed by atoms with Crippen LogP contribution in [0.15, 0.2) is 41.6 Å². The van der Waals surface area contributed by atoms with Crippen LogP contribution in [0.5, 0.6) is 0 Å². The summed E-state index contributed by atoms with van der Waals surface area (Å²) in [4.78, 5) is 11.8. The molecule has 1 aliphatic rings. The molecule has 18 heavy (non-hydrogen) atoms. The average Bonchev–Trinajstić information content (AvgIpc) is 2.36. The lowest BCUT2D eigenvalue weighted by Crippen LogP contribution is -2.50. The van der Waals surface area contributed by atoms with Crippen molar-refractivity contribution in [1.82, 2.24) is 10.3 Å². The van der Waals surface area contributed by atoms with Crippen LogP contribution in [0.1, 0.15) is 25.5 Å². The molecule has 0 saturated heterocycles. The maximum atomic E-state index is 11.8. The van der Waals surface area contributed by atoms with Crippen molar-refractivity contribution in [2.75, 3.05) is 0 Å². The van der Waals surface area contributed by atoms with Crippen molar-refractivity contribution in [3.63, 3.8) is 0 Å². The minimum Gasteiger partial charge on any atom is -0.350 e. The van der Waals surface area contributed by atoms with E-state index in [1.54, 1.807) is 13.8 Å². The lowest BCUT2D eigenvalue weighted by molar-refractivity contribution is -0.114. The highest BCUT2D eigenvalue weighted by Gasteiger charge is 2.30. The Hall–Kier alpha value is -1.72. The average molecular weight is 261 g/mol. The van der Waals surface area contributed by atoms with Crippen molar-refractivity contribution in [2.24, 2.45) is 5.84 Å². The van der Waals surface area contributed by atoms with Gasteiger partial charge in [-0.3, -0.25) is 9.80 Å². The zero-order valence-corrected chi connectivity index (χ0v) is 11.1. The summed E-state index contributed by atoms with van der Waals surface area (Å²) >= 11 is 5.17. The van der Waals surface area contributed by atoms with E-state index in [0.717, 1.165) is 5.56 Å². The van der Waals surface area contributed by atoms with Gasteiger partial charge >= 0.3 is 0 Å². The van der Waals surface area contributed by atoms with Gasteiger partial charge in [-0.2, -0.15) is 0 Å². The van der Waals surface area contributed by atoms with Crippen molar-refractivity contribution in [1.29, 1.82) is 0 Å². The largest absolute Gasteiger partial charge is 0.350 e. The maximum absolute atomic E-state index is 11.8. The number of Topliss-reactive ketones (excluding diaryl/α,β-unsaturated/α-hetero) is 1. The van der Waals surface area contributed by atoms with E-state index in [4.69, 9.17) is 18.1 Å². The van der Waals surface area contributed by atoms with Crippen LogP contribution in [0.25, 0.3) is 0 Å². The predicted octanol–water partition coefficient (Wildman–Crippen LogP) is 1.65. The van der Waals surface area contributed by atoms with E-state index < -0.39 is 0 Å². The molecule has 0 saturated carbocycles. The second kappa shape index (κ2) is 4.88. The van der Waals surface area contributed by atoms with Gasteiger partial charge in [0.2, 0.25) is 0 Å². The smallest absolute Gasteiger partial charge is 0.188 e. The van der Waals surface area contributed by atoms with Gasteiger partial charge in [-0.1, -0.05) is 30.3 Å². The Morgan fingerprint density at radius 1 is 1.39 bits per heavy atom. The van der Waals surface area contributed by atoms with E-state index in [1.165, 1.54) is 5.01 Å². The van der Waals surface area contributed by atoms with E-state index in [1.807, 2.05) is 30.3 Å². The molecule has 1 aromatic rings. The molecule has 0 radical (unpaired) electrons. The Morgan fingerprint density at radius 3 is 2.56 bits per heavy atom. The number of rotatable bonds is 2. The summed E-state index contributed by atoms with van der Waals surface area (Å²) in [6.07, 6.45) is 0. The molecule has 0 unspecified atom stereocenters. The van der Waals surface area contributed by atoms with Crippen molar-refractivity contribution in [3.8, 4) is 0 Å². The lowest BCUT2D eigenvalue weighted by atomic mass is 9.93. The zero-order chi connectivity index (χ0) is 13.3. The topological polar surface area (TPSA) is 58.4 Å². The molecule has 1 atom stereocenters. The normalized spacial score (nSPS) is 19.8. The Bertz CT molecular complexity index is 524. The van der Waals surface area contributed by atoms with Crippen LogP contribution >= 0.6 is 12.2 Å². The Labute approximate surface area is 111 Å². The molecule has 0 amide bonds. The van der Waals surface area contributed by atoms with Crippen LogP contribution in [-0.4, -0.2) is 15.9 Å². The molecule has 1 heterocycles. The number of nitrogens with two attached hydrogens (primary N) is 1. The van der Waals surface area contributed by atoms with E-state index in [0.29, 0.717) is 16.4 Å². The van der Waals surface area contributed by atoms with Gasteiger partial charge in [0, 0.05) is 11.3 Å². The van der Waals surface area contributed by atoms with Crippen LogP contribution in [0.3, 0.4) is 0 Å². The summed E-state index contributed by atoms with van der Waals surface area (Å²) < 4.78 is 0. The third-order valence-electron chi connectivity index (χ3n) is 3.04. The van der Waals surface area contributed by atoms with E-state index in [9.17, 15) is 4.79 Å². The Morgan fingerprint density at radius 2 is 2.00 bits per heavy atom. The van der Waals surface area contributed by atoms with Gasteiger partial charge in [-0.05, 0) is 31.6 Å². The molecule has 94 valence electrons. The number of ketones is 1. The number of hydrogen-bond donors (Lipinski definition) is 2. The standard InChI is InChI=1S/C13H15N3OS/c1-8-11(9(2)17)12(15-13(18)16(8)14)10-6-4-3-5-7-10/h3-7,12H,14H2,1-2H3,(H,15,18)/t12-/m1/s1. The number of carbonyl (C=O) groups is 1. The number of carbonyl (C=O) groups excluding carboxylic acids is 1. The number of nitrogens with one attached hydrogen (secondary N) is 1. The van der Waals surface area contributed by atoms with Crippen molar-refractivity contribution in [3.05, 3.63) is 47.2 Å². The summed E-state index contributed by atoms with van der Waals surface area (Å²) in [5, 5.41) is 4.86. The van der Waals surface area contributed by atoms with E-state index in [-0.39, 0.29) is 11.8 Å². The zero-order valence-electron chi connectivity index (χ0n) is 10.3. The minimum atomic E-state index is -0.226. The molecule has 3 N–H and O–H groups in total. The fourth-order valence-electron chi connectivity index (χ4n) is 2.11. The van der Waals surface area contributed by atoms with Gasteiger partial charge in [-0.25, -0.2) is 5.84 Å². The van der Waals surface area contributed by atoms with Gasteiger partial charge < -0.3 is 5.32 Å². The highest BCUT2D eigenvalue weighted by Crippen LogP contribution is 2.29. The van der Waals surface area contributed by atoms with Gasteiger partial charge in [0.05, 0.1) is 6.04 Å². The molecular weight excluding hydrogens is 246 g/mol. The maximum Gasteiger partial charge on any atom is 0.188 e. The quantitative estimate of drug-likeness (QED) is 0.626. The molecule has 4 nitrogen and oxygen atoms in total. The molecule has 5 heteroatoms. The monoisotopic (exact) mass is 261 g/mol. The minimum absolute atomic E-state index is 0.00759. The lowest BCUT2D eigenvalue weighted by Gasteiger charge is -2.34. The first kappa shape index (κ1) is 12.7. The fourth-order valence-corrected chi connectivity index (χ4v) is 2.36. The fraction of sp³-hybridized carbons (Fsp3) is 0.231. The number of thiocarbonyl (C=S) groups is 1. The molecule has 0 aromatic heterocycles. The number of hydrazine groups is 1. The molecule has 1 aromatic carbocycles. The summed E-state index contributed by atoms with van der Waals surface area (Å²) in [5.74, 6) is 5.80. The van der Waals surface area contributed by atoms with Crippen molar-refractivity contribution in [2.45, 2.75) is 19.9 Å². The molecule has 0 fully saturated rings. The van der Waals surface area contributed by atoms with Gasteiger partial charge in [0.15, 0.2) is 10.9 Å². The third-order valence-corrected chi connectivity index (χ3v) is 3.35. The highest BCUT2D eigenvalue weighted by molar-refractivity contribution is 7.80. The summed E-state index contributed by atoms with van der Waals surface area (Å²) in [6, 6.07) is 9.50. The number of nitrogens with zero attached hydrogens (tertiary/aromatic N) is 1. The Balaban J connectivity index is 2.53. The summed E-state index contributed by atoms with van der Waals surface area (Å²) in [5.41, 5.74) is 2.34. The SMILES string of the molecule is CC(=O)C1=C(C)N(N)C(=S)N[C@@H]1c1ccccc1. The number of benzene rings is 1. The molecule has 2 rings (SSSR count). The van der Waals surface area contributed by atoms with Crippen molar-refractivity contribution < 1.29 is 4.79 Å². The molecule has 0 spiro atoms. The second-order valence-corrected chi connectivity index (χ2v) is 4.61. The summed E-state index contributed by atoms with van der Waals surface area (Å²) in [6.45, 7) is 3.35. The van der Waals surface area contributed by atoms with Crippen molar-refractivity contribution >= 4 is 23.1 Å². The van der Waals surface area contributed by atoms with Crippen LogP contribution in [0.2, 0.25) is 0 Å². The molecular formula is C13H15N3OS. The molecule has 0 aliphatic carbocycles. The molecule has 0 bridgehead atoms. The van der Waals surface area contributed by atoms with Crippen LogP contribution in [-0.2, 0) is 4.79 Å². The first-order chi connectivity index (χ1) is 8.52. The summed E-state index contributed by atoms with van der Waals surface area (Å²) in [7, 11) is 0. The first-order valence-corrected chi connectivity index (χ1v) is 6.05. The van der Waals surface area contributed by atoms with Crippen LogP contribution < -0.4 is 11.2 Å². The highest BCUT2D eigenvalue weighted by atomic mass is 32.1. The number of hydrogen-bond acceptors (Lipinski definition) is 3. The predicted molar refractivity (Wildman–Crippen MR) is 74.3 cm³/mol. The third kappa shape index (κ3) is 2.14. The first-order valence-electron chi connectivity index (χ1n) is 5.64. The second-order valence-electron chi connectivity index (χ2n) is 4.22. The van der Waals surface area contributed by atoms with Crippen LogP contribution in [0, 0.1) is 0 Å². The van der Waals surface area contributed by atoms with Gasteiger partial charge in [-0.15, -0.1) is 0 Å². The Kier molecular flexibility index (Phi) is 3.45. The van der Waals surface area contributed by atoms with Crippen LogP contribution in [0.4, 0.5) is 0 Å². The van der Waals surface area contributed by atoms with Gasteiger partial charge in [0.25, 0.3) is 0 Å². The number of allylic oxidation sites excluding steroid dienone is 1. The molecule has 1 aliphatic heterocycles. The van der Waals surface area contributed by atoms with Gasteiger partial charge in [0.1, 0.15) is 0 Å². The van der Waals surface area contributed by atoms with E-state index in [2.05, 4.69) is 5.32 Å². The van der Waals surface area contributed by atoms with E-state index >= 15 is 0 Å².